The van der Waals surface area contributed by atoms with Crippen LogP contribution in [0.1, 0.15) is 207 Å². The summed E-state index contributed by atoms with van der Waals surface area (Å²) in [5, 5.41) is 146. The zero-order valence-electron chi connectivity index (χ0n) is 68.8. The lowest BCUT2D eigenvalue weighted by Crippen LogP contribution is -2.55. The molecule has 116 heavy (non-hydrogen) atoms. The molecule has 6 amide bonds. The van der Waals surface area contributed by atoms with Crippen molar-refractivity contribution in [3.63, 3.8) is 0 Å². The van der Waals surface area contributed by atoms with Crippen molar-refractivity contribution < 1.29 is 147 Å². The van der Waals surface area contributed by atoms with Gasteiger partial charge in [-0.15, -0.1) is 0 Å². The summed E-state index contributed by atoms with van der Waals surface area (Å²) in [5.74, 6) is -6.36. The molecule has 672 valence electrons. The van der Waals surface area contributed by atoms with E-state index in [1.807, 2.05) is 0 Å². The number of nitrogens with one attached hydrogen (secondary N) is 5. The van der Waals surface area contributed by atoms with Gasteiger partial charge in [-0.05, 0) is 116 Å². The van der Waals surface area contributed by atoms with E-state index in [0.29, 0.717) is 135 Å². The summed E-state index contributed by atoms with van der Waals surface area (Å²) >= 11 is 0. The summed E-state index contributed by atoms with van der Waals surface area (Å²) in [6.07, 6.45) is -9.30. The number of carbonyl (C=O) groups excluding carboxylic acids is 8. The highest BCUT2D eigenvalue weighted by Crippen LogP contribution is 2.32. The number of aliphatic hydroxyl groups excluding tert-OH is 13. The van der Waals surface area contributed by atoms with E-state index in [1.165, 1.54) is 7.11 Å². The number of ketones is 2. The number of hydrogen-bond acceptors (Lipinski definition) is 30. The molecule has 0 aromatic rings. The molecule has 15 unspecified atom stereocenters. The summed E-state index contributed by atoms with van der Waals surface area (Å²) in [6, 6.07) is -1.28. The van der Waals surface area contributed by atoms with Crippen LogP contribution in [0.5, 0.6) is 0 Å². The molecule has 5 saturated heterocycles. The van der Waals surface area contributed by atoms with E-state index in [2.05, 4.69) is 26.6 Å². The number of likely N-dealkylation sites (tertiary alicyclic amines) is 1. The molecular weight excluding hydrogens is 1520 g/mol. The number of hydrogen-bond donors (Lipinski definition) is 18. The first-order valence-electron chi connectivity index (χ1n) is 42.4. The average Bonchev–Trinajstić information content (AvgIpc) is 1.21. The Morgan fingerprint density at radius 3 is 1.13 bits per heavy atom. The van der Waals surface area contributed by atoms with E-state index in [9.17, 15) is 105 Å². The fraction of sp³-hybridized carbons (Fsp3) is 0.900. The quantitative estimate of drug-likeness (QED) is 0.0319. The standard InChI is InChI=1S/C80H142N6O30/c1-48-67(98)71(102)59(43-87)113-77(48)109-35-19-11-25-55(91)39-52(23-8-16-31-81-63(94)27-12-20-36-110-78-49(2)68(99)72(103)60(44-88)114-78)75(106)84-34-17-9-24-53(76(107)83-33-15-6-7-30-66(97)86-42-56(92)41-54(86)47-108-5)40-58(93)57(85-65(96)29-14-22-38-112-80-51(4)70(101)74(105)62(46-90)116-80)26-10-18-32-82-64(95)28-13-21-37-111-79-50(3)69(100)73(104)61(45-89)115-79/h48-54,56-57,59-62,67-74,77-80,87-90,92,98-105H,6-47H2,1-5H3,(H,81,94)(H,82,95)(H,83,107)(H,84,106)(H,85,96)/t48?,49?,50?,51?,52?,53?,54-,56+,57?,59?,60?,61?,62?,67+,68+,69+,70+,71?,72?,73?,74?,77+,78+,79+,80+/m0/s1. The fourth-order valence-electron chi connectivity index (χ4n) is 15.1. The Bertz CT molecular complexity index is 2820. The van der Waals surface area contributed by atoms with E-state index < -0.39 is 190 Å². The van der Waals surface area contributed by atoms with Crippen molar-refractivity contribution in [3.05, 3.63) is 0 Å². The molecule has 5 heterocycles. The van der Waals surface area contributed by atoms with Crippen LogP contribution in [0.3, 0.4) is 0 Å². The van der Waals surface area contributed by atoms with Crippen LogP contribution in [0, 0.1) is 35.5 Å². The molecule has 0 bridgehead atoms. The Morgan fingerprint density at radius 1 is 0.397 bits per heavy atom. The van der Waals surface area contributed by atoms with Gasteiger partial charge in [0.15, 0.2) is 30.9 Å². The number of β-amino-alcohol motifs (C(OH)–C–C–N with tert-alkyl or cyclic N) is 1. The number of ether oxygens (including phenoxy) is 9. The van der Waals surface area contributed by atoms with E-state index >= 15 is 0 Å². The number of unbranched alkanes of at least 4 members (excludes halogenated alkanes) is 9. The third kappa shape index (κ3) is 35.0. The van der Waals surface area contributed by atoms with Crippen LogP contribution in [0.15, 0.2) is 0 Å². The normalized spacial score (nSPS) is 30.3. The molecule has 0 spiro atoms. The van der Waals surface area contributed by atoms with Crippen molar-refractivity contribution in [1.29, 1.82) is 0 Å². The molecular formula is C80H142N6O30. The monoisotopic (exact) mass is 1670 g/mol. The maximum Gasteiger partial charge on any atom is 0.223 e. The third-order valence-corrected chi connectivity index (χ3v) is 22.8. The second kappa shape index (κ2) is 56.1. The first-order valence-corrected chi connectivity index (χ1v) is 42.4. The number of aliphatic hydroxyl groups is 13. The predicted molar refractivity (Wildman–Crippen MR) is 415 cm³/mol. The summed E-state index contributed by atoms with van der Waals surface area (Å²) in [4.78, 5) is 111. The second-order valence-electron chi connectivity index (χ2n) is 32.1. The molecule has 5 aliphatic heterocycles. The van der Waals surface area contributed by atoms with Crippen molar-refractivity contribution in [1.82, 2.24) is 31.5 Å². The molecule has 0 aliphatic carbocycles. The SMILES string of the molecule is COC[C@@H]1C[C@@H](O)CN1C(=O)CCCCCNC(=O)C(CCCCNC(=O)C(CCCCNC(=O)CCCCO[C@@H]1OC(CO)C(O)[C@H](O)C1C)CC(=O)CCCCO[C@@H]1OC(CO)C(O)[C@H](O)C1C)CC(=O)C(CCCCNC(=O)CCCCO[C@@H]1OC(CO)C(O)[C@H](O)C1C)NC(=O)CCCCO[C@@H]1OC(CO)C(O)[C@H](O)C1C. The van der Waals surface area contributed by atoms with Crippen LogP contribution in [-0.4, -0.2) is 334 Å². The topological polar surface area (TPSA) is 546 Å². The molecule has 0 radical (unpaired) electrons. The number of amides is 6. The van der Waals surface area contributed by atoms with Gasteiger partial charge in [-0.1, -0.05) is 47.0 Å². The molecule has 0 aromatic heterocycles. The number of carbonyl (C=O) groups is 8. The van der Waals surface area contributed by atoms with Crippen LogP contribution < -0.4 is 26.6 Å². The Labute approximate surface area is 682 Å². The van der Waals surface area contributed by atoms with Crippen molar-refractivity contribution in [2.24, 2.45) is 35.5 Å². The fourth-order valence-corrected chi connectivity index (χ4v) is 15.1. The smallest absolute Gasteiger partial charge is 0.223 e. The molecule has 36 heteroatoms. The Balaban J connectivity index is 1.20. The number of rotatable bonds is 59. The number of nitrogens with zero attached hydrogens (tertiary/aromatic N) is 1. The van der Waals surface area contributed by atoms with Gasteiger partial charge in [0.2, 0.25) is 35.4 Å². The zero-order valence-corrected chi connectivity index (χ0v) is 68.8. The zero-order chi connectivity index (χ0) is 85.2. The first kappa shape index (κ1) is 102. The lowest BCUT2D eigenvalue weighted by atomic mass is 9.90. The minimum atomic E-state index is -1.31. The van der Waals surface area contributed by atoms with Crippen molar-refractivity contribution in [3.8, 4) is 0 Å². The summed E-state index contributed by atoms with van der Waals surface area (Å²) < 4.78 is 51.1. The average molecular weight is 1670 g/mol. The van der Waals surface area contributed by atoms with Crippen LogP contribution in [0.25, 0.3) is 0 Å². The Hall–Kier alpha value is -4.72. The second-order valence-corrected chi connectivity index (χ2v) is 32.1. The largest absolute Gasteiger partial charge is 0.394 e. The Morgan fingerprint density at radius 2 is 0.741 bits per heavy atom. The highest BCUT2D eigenvalue weighted by atomic mass is 16.7. The van der Waals surface area contributed by atoms with Gasteiger partial charge in [0, 0.05) is 147 Å². The van der Waals surface area contributed by atoms with E-state index in [1.54, 1.807) is 32.6 Å². The van der Waals surface area contributed by atoms with Crippen LogP contribution in [-0.2, 0) is 81.0 Å². The van der Waals surface area contributed by atoms with Gasteiger partial charge in [-0.25, -0.2) is 0 Å². The van der Waals surface area contributed by atoms with Crippen molar-refractivity contribution in [2.75, 3.05) is 99.3 Å². The highest BCUT2D eigenvalue weighted by Gasteiger charge is 2.46. The van der Waals surface area contributed by atoms with Crippen molar-refractivity contribution >= 4 is 47.0 Å². The lowest BCUT2D eigenvalue weighted by Gasteiger charge is -2.40. The van der Waals surface area contributed by atoms with Crippen LogP contribution in [0.2, 0.25) is 0 Å². The molecule has 0 aromatic carbocycles. The first-order chi connectivity index (χ1) is 55.6. The Kier molecular flexibility index (Phi) is 49.2. The maximum absolute atomic E-state index is 14.7. The molecule has 18 N–H and O–H groups in total. The van der Waals surface area contributed by atoms with Gasteiger partial charge in [0.1, 0.15) is 54.6 Å². The molecule has 0 saturated carbocycles. The van der Waals surface area contributed by atoms with Gasteiger partial charge in [-0.2, -0.15) is 0 Å². The van der Waals surface area contributed by atoms with Crippen molar-refractivity contribution in [2.45, 2.75) is 324 Å². The molecule has 25 atom stereocenters. The summed E-state index contributed by atoms with van der Waals surface area (Å²) in [6.45, 7) is 6.61. The maximum atomic E-state index is 14.7. The summed E-state index contributed by atoms with van der Waals surface area (Å²) in [7, 11) is 1.54. The molecule has 5 aliphatic rings. The predicted octanol–water partition coefficient (Wildman–Crippen LogP) is -1.19. The van der Waals surface area contributed by atoms with Crippen LogP contribution in [0.4, 0.5) is 0 Å². The minimum absolute atomic E-state index is 0.0222. The third-order valence-electron chi connectivity index (χ3n) is 22.8. The molecule has 5 rings (SSSR count). The van der Waals surface area contributed by atoms with Gasteiger partial charge in [0.25, 0.3) is 0 Å². The summed E-state index contributed by atoms with van der Waals surface area (Å²) in [5.41, 5.74) is 0. The minimum Gasteiger partial charge on any atom is -0.394 e. The van der Waals surface area contributed by atoms with E-state index in [-0.39, 0.29) is 146 Å². The van der Waals surface area contributed by atoms with Gasteiger partial charge < -0.3 is 141 Å². The van der Waals surface area contributed by atoms with Gasteiger partial charge >= 0.3 is 0 Å². The number of methoxy groups -OCH3 is 1. The van der Waals surface area contributed by atoms with Gasteiger partial charge in [0.05, 0.1) is 75.6 Å². The highest BCUT2D eigenvalue weighted by molar-refractivity contribution is 5.92. The van der Waals surface area contributed by atoms with Crippen LogP contribution >= 0.6 is 0 Å². The lowest BCUT2D eigenvalue weighted by molar-refractivity contribution is -0.282. The molecule has 36 nitrogen and oxygen atoms in total. The van der Waals surface area contributed by atoms with E-state index in [0.717, 1.165) is 0 Å². The van der Waals surface area contributed by atoms with E-state index in [4.69, 9.17) is 42.6 Å². The number of Topliss-reactive ketones (excluding diaryl/α,β-unsaturated/α-hetero) is 2. The molecule has 5 fully saturated rings. The van der Waals surface area contributed by atoms with Gasteiger partial charge in [-0.3, -0.25) is 38.4 Å².